The maximum Gasteiger partial charge on any atom is 0.320 e. The molecule has 1 aliphatic heterocycles. The number of likely N-dealkylation sites (N-methyl/N-ethyl adjacent to an activating group) is 2. The Morgan fingerprint density at radius 2 is 2.21 bits per heavy atom. The standard InChI is InChI=1S/C10H14N2OS/c1-7-4-5-14-9(7)8-6-11(2)10(13)12(8)3/h4-5,8H,6H2,1-3H3. The maximum atomic E-state index is 11.6. The number of carbonyl (C=O) groups excluding carboxylic acids is 1. The minimum atomic E-state index is 0.114. The Morgan fingerprint density at radius 1 is 1.50 bits per heavy atom. The molecule has 1 aromatic heterocycles. The summed E-state index contributed by atoms with van der Waals surface area (Å²) in [7, 11) is 3.72. The highest BCUT2D eigenvalue weighted by Crippen LogP contribution is 2.32. The highest BCUT2D eigenvalue weighted by atomic mass is 32.1. The van der Waals surface area contributed by atoms with E-state index in [1.807, 2.05) is 19.0 Å². The monoisotopic (exact) mass is 210 g/mol. The van der Waals surface area contributed by atoms with Crippen molar-refractivity contribution in [2.75, 3.05) is 20.6 Å². The first-order valence-electron chi connectivity index (χ1n) is 4.63. The average Bonchev–Trinajstić information content (AvgIpc) is 2.66. The second-order valence-electron chi connectivity index (χ2n) is 3.76. The highest BCUT2D eigenvalue weighted by Gasteiger charge is 2.34. The third-order valence-corrected chi connectivity index (χ3v) is 3.87. The second-order valence-corrected chi connectivity index (χ2v) is 4.71. The molecule has 4 heteroatoms. The van der Waals surface area contributed by atoms with Crippen molar-refractivity contribution in [2.45, 2.75) is 13.0 Å². The molecule has 0 spiro atoms. The number of hydrogen-bond donors (Lipinski definition) is 0. The molecular formula is C10H14N2OS. The summed E-state index contributed by atoms with van der Waals surface area (Å²) < 4.78 is 0. The summed E-state index contributed by atoms with van der Waals surface area (Å²) in [5.74, 6) is 0. The number of urea groups is 1. The van der Waals surface area contributed by atoms with E-state index in [0.717, 1.165) is 6.54 Å². The summed E-state index contributed by atoms with van der Waals surface area (Å²) in [6, 6.07) is 2.46. The lowest BCUT2D eigenvalue weighted by atomic mass is 10.1. The van der Waals surface area contributed by atoms with Crippen LogP contribution in [0.3, 0.4) is 0 Å². The van der Waals surface area contributed by atoms with Gasteiger partial charge < -0.3 is 9.80 Å². The molecule has 0 aromatic carbocycles. The lowest BCUT2D eigenvalue weighted by molar-refractivity contribution is 0.201. The Bertz CT molecular complexity index is 361. The van der Waals surface area contributed by atoms with Crippen LogP contribution in [-0.4, -0.2) is 36.5 Å². The fourth-order valence-electron chi connectivity index (χ4n) is 1.85. The van der Waals surface area contributed by atoms with Gasteiger partial charge in [-0.1, -0.05) is 0 Å². The van der Waals surface area contributed by atoms with Crippen molar-refractivity contribution in [3.63, 3.8) is 0 Å². The number of nitrogens with zero attached hydrogens (tertiary/aromatic N) is 2. The summed E-state index contributed by atoms with van der Waals surface area (Å²) >= 11 is 1.73. The van der Waals surface area contributed by atoms with Gasteiger partial charge in [-0.2, -0.15) is 0 Å². The molecule has 1 atom stereocenters. The van der Waals surface area contributed by atoms with Crippen LogP contribution in [0.1, 0.15) is 16.5 Å². The van der Waals surface area contributed by atoms with Gasteiger partial charge >= 0.3 is 6.03 Å². The molecule has 2 rings (SSSR count). The van der Waals surface area contributed by atoms with Gasteiger partial charge in [0, 0.05) is 25.5 Å². The predicted molar refractivity (Wildman–Crippen MR) is 57.6 cm³/mol. The van der Waals surface area contributed by atoms with Gasteiger partial charge in [-0.15, -0.1) is 11.3 Å². The first kappa shape index (κ1) is 9.52. The van der Waals surface area contributed by atoms with Crippen molar-refractivity contribution < 1.29 is 4.79 Å². The van der Waals surface area contributed by atoms with Gasteiger partial charge in [0.05, 0.1) is 6.04 Å². The molecule has 1 fully saturated rings. The molecule has 0 aliphatic carbocycles. The molecule has 14 heavy (non-hydrogen) atoms. The van der Waals surface area contributed by atoms with Gasteiger partial charge in [0.2, 0.25) is 0 Å². The van der Waals surface area contributed by atoms with Crippen LogP contribution in [0, 0.1) is 6.92 Å². The molecule has 3 nitrogen and oxygen atoms in total. The smallest absolute Gasteiger partial charge is 0.320 e. The van der Waals surface area contributed by atoms with Crippen LogP contribution >= 0.6 is 11.3 Å². The van der Waals surface area contributed by atoms with Gasteiger partial charge in [-0.25, -0.2) is 4.79 Å². The molecular weight excluding hydrogens is 196 g/mol. The van der Waals surface area contributed by atoms with E-state index >= 15 is 0 Å². The van der Waals surface area contributed by atoms with Crippen LogP contribution < -0.4 is 0 Å². The van der Waals surface area contributed by atoms with Gasteiger partial charge in [0.15, 0.2) is 0 Å². The van der Waals surface area contributed by atoms with E-state index in [1.165, 1.54) is 10.4 Å². The van der Waals surface area contributed by atoms with Crippen LogP contribution in [0.15, 0.2) is 11.4 Å². The summed E-state index contributed by atoms with van der Waals surface area (Å²) in [5.41, 5.74) is 1.29. The summed E-state index contributed by atoms with van der Waals surface area (Å²) in [6.45, 7) is 2.90. The number of amides is 2. The molecule has 0 saturated carbocycles. The van der Waals surface area contributed by atoms with Crippen molar-refractivity contribution in [3.05, 3.63) is 21.9 Å². The molecule has 1 aromatic rings. The van der Waals surface area contributed by atoms with Gasteiger partial charge in [-0.3, -0.25) is 0 Å². The van der Waals surface area contributed by atoms with Crippen molar-refractivity contribution in [2.24, 2.45) is 0 Å². The van der Waals surface area contributed by atoms with E-state index in [9.17, 15) is 4.79 Å². The van der Waals surface area contributed by atoms with Crippen LogP contribution in [0.5, 0.6) is 0 Å². The number of rotatable bonds is 1. The molecule has 2 amide bonds. The fourth-order valence-corrected chi connectivity index (χ4v) is 2.91. The van der Waals surface area contributed by atoms with Crippen molar-refractivity contribution in [3.8, 4) is 0 Å². The van der Waals surface area contributed by atoms with Crippen LogP contribution in [-0.2, 0) is 0 Å². The third-order valence-electron chi connectivity index (χ3n) is 2.75. The largest absolute Gasteiger partial charge is 0.325 e. The SMILES string of the molecule is Cc1ccsc1C1CN(C)C(=O)N1C. The fraction of sp³-hybridized carbons (Fsp3) is 0.500. The number of aryl methyl sites for hydroxylation is 1. The highest BCUT2D eigenvalue weighted by molar-refractivity contribution is 7.10. The summed E-state index contributed by atoms with van der Waals surface area (Å²) in [5, 5.41) is 2.08. The van der Waals surface area contributed by atoms with Gasteiger partial charge in [0.25, 0.3) is 0 Å². The third kappa shape index (κ3) is 1.30. The molecule has 0 radical (unpaired) electrons. The molecule has 2 heterocycles. The lowest BCUT2D eigenvalue weighted by Crippen LogP contribution is -2.26. The zero-order chi connectivity index (χ0) is 10.3. The van der Waals surface area contributed by atoms with Gasteiger partial charge in [-0.05, 0) is 23.9 Å². The Balaban J connectivity index is 2.30. The minimum absolute atomic E-state index is 0.114. The molecule has 1 aliphatic rings. The zero-order valence-corrected chi connectivity index (χ0v) is 9.47. The normalized spacial score (nSPS) is 22.2. The topological polar surface area (TPSA) is 23.6 Å². The average molecular weight is 210 g/mol. The Morgan fingerprint density at radius 3 is 2.64 bits per heavy atom. The minimum Gasteiger partial charge on any atom is -0.325 e. The van der Waals surface area contributed by atoms with Crippen LogP contribution in [0.25, 0.3) is 0 Å². The van der Waals surface area contributed by atoms with E-state index < -0.39 is 0 Å². The molecule has 0 N–H and O–H groups in total. The number of hydrogen-bond acceptors (Lipinski definition) is 2. The van der Waals surface area contributed by atoms with Crippen molar-refractivity contribution >= 4 is 17.4 Å². The molecule has 1 unspecified atom stereocenters. The second kappa shape index (κ2) is 3.28. The summed E-state index contributed by atoms with van der Waals surface area (Å²) in [6.07, 6.45) is 0. The molecule has 1 saturated heterocycles. The predicted octanol–water partition coefficient (Wildman–Crippen LogP) is 2.09. The lowest BCUT2D eigenvalue weighted by Gasteiger charge is -2.17. The quantitative estimate of drug-likeness (QED) is 0.696. The first-order chi connectivity index (χ1) is 6.61. The Hall–Kier alpha value is -1.03. The molecule has 76 valence electrons. The molecule has 0 bridgehead atoms. The van der Waals surface area contributed by atoms with Crippen LogP contribution in [0.2, 0.25) is 0 Å². The maximum absolute atomic E-state index is 11.6. The van der Waals surface area contributed by atoms with E-state index in [4.69, 9.17) is 0 Å². The summed E-state index contributed by atoms with van der Waals surface area (Å²) in [4.78, 5) is 16.5. The van der Waals surface area contributed by atoms with E-state index in [-0.39, 0.29) is 12.1 Å². The van der Waals surface area contributed by atoms with Crippen molar-refractivity contribution in [1.82, 2.24) is 9.80 Å². The van der Waals surface area contributed by atoms with Gasteiger partial charge in [0.1, 0.15) is 0 Å². The number of carbonyl (C=O) groups is 1. The number of thiophene rings is 1. The van der Waals surface area contributed by atoms with E-state index in [0.29, 0.717) is 0 Å². The van der Waals surface area contributed by atoms with E-state index in [1.54, 1.807) is 16.2 Å². The first-order valence-corrected chi connectivity index (χ1v) is 5.51. The van der Waals surface area contributed by atoms with Crippen molar-refractivity contribution in [1.29, 1.82) is 0 Å². The zero-order valence-electron chi connectivity index (χ0n) is 8.65. The Labute approximate surface area is 87.9 Å². The van der Waals surface area contributed by atoms with E-state index in [2.05, 4.69) is 18.4 Å². The van der Waals surface area contributed by atoms with Crippen LogP contribution in [0.4, 0.5) is 4.79 Å². The Kier molecular flexibility index (Phi) is 2.23.